The number of aromatic nitrogens is 6. The number of carbonyl (C=O) groups is 1. The van der Waals surface area contributed by atoms with Crippen LogP contribution >= 0.6 is 0 Å². The Morgan fingerprint density at radius 3 is 2.67 bits per heavy atom. The fraction of sp³-hybridized carbons (Fsp3) is 0.0909. The molecule has 11 heteroatoms. The minimum Gasteiger partial charge on any atom is -0.443 e. The summed E-state index contributed by atoms with van der Waals surface area (Å²) < 4.78 is 34.9. The lowest BCUT2D eigenvalue weighted by atomic mass is 10.0. The molecule has 4 aromatic heterocycles. The average Bonchev–Trinajstić information content (AvgIpc) is 3.50. The quantitative estimate of drug-likeness (QED) is 0.392. The van der Waals surface area contributed by atoms with Crippen LogP contribution in [-0.4, -0.2) is 35.3 Å². The van der Waals surface area contributed by atoms with E-state index in [4.69, 9.17) is 10.2 Å². The number of benzene rings is 1. The first-order chi connectivity index (χ1) is 16.0. The summed E-state index contributed by atoms with van der Waals surface area (Å²) in [6.45, 7) is 0. The molecule has 33 heavy (non-hydrogen) atoms. The first kappa shape index (κ1) is 20.4. The summed E-state index contributed by atoms with van der Waals surface area (Å²) in [5.74, 6) is -1.92. The number of carbonyl (C=O) groups excluding carboxylic acids is 1. The number of fused-ring (bicyclic) bond motifs is 1. The van der Waals surface area contributed by atoms with Crippen molar-refractivity contribution in [2.75, 3.05) is 5.73 Å². The van der Waals surface area contributed by atoms with E-state index < -0.39 is 17.4 Å². The van der Waals surface area contributed by atoms with E-state index in [0.717, 1.165) is 12.1 Å². The highest BCUT2D eigenvalue weighted by molar-refractivity contribution is 5.99. The van der Waals surface area contributed by atoms with Crippen LogP contribution in [0, 0.1) is 11.6 Å². The van der Waals surface area contributed by atoms with Gasteiger partial charge in [0.25, 0.3) is 0 Å². The molecule has 0 saturated carbocycles. The van der Waals surface area contributed by atoms with Crippen LogP contribution in [0.25, 0.3) is 28.5 Å². The molecule has 1 aromatic carbocycles. The zero-order valence-electron chi connectivity index (χ0n) is 16.9. The Hall–Kier alpha value is -4.54. The molecule has 0 aliphatic rings. The third kappa shape index (κ3) is 3.80. The number of pyridine rings is 1. The van der Waals surface area contributed by atoms with Crippen LogP contribution < -0.4 is 5.73 Å². The van der Waals surface area contributed by atoms with Crippen LogP contribution in [-0.2, 0) is 6.42 Å². The molecule has 0 aliphatic carbocycles. The fourth-order valence-electron chi connectivity index (χ4n) is 3.44. The van der Waals surface area contributed by atoms with E-state index in [9.17, 15) is 13.6 Å². The molecule has 2 N–H and O–H groups in total. The van der Waals surface area contributed by atoms with Crippen molar-refractivity contribution in [2.45, 2.75) is 12.8 Å². The number of hydrogen-bond acceptors (Lipinski definition) is 8. The van der Waals surface area contributed by atoms with Crippen LogP contribution in [0.15, 0.2) is 59.7 Å². The van der Waals surface area contributed by atoms with Crippen molar-refractivity contribution < 1.29 is 18.0 Å². The maximum atomic E-state index is 13.9. The van der Waals surface area contributed by atoms with Gasteiger partial charge >= 0.3 is 0 Å². The summed E-state index contributed by atoms with van der Waals surface area (Å²) in [5.41, 5.74) is 7.48. The van der Waals surface area contributed by atoms with Gasteiger partial charge in [0.05, 0.1) is 6.20 Å². The highest BCUT2D eigenvalue weighted by Gasteiger charge is 2.23. The predicted molar refractivity (Wildman–Crippen MR) is 113 cm³/mol. The van der Waals surface area contributed by atoms with Gasteiger partial charge in [-0.1, -0.05) is 6.07 Å². The van der Waals surface area contributed by atoms with Gasteiger partial charge in [-0.05, 0) is 30.7 Å². The van der Waals surface area contributed by atoms with Crippen molar-refractivity contribution >= 4 is 17.2 Å². The van der Waals surface area contributed by atoms with Crippen LogP contribution in [0.4, 0.5) is 14.6 Å². The van der Waals surface area contributed by atoms with Gasteiger partial charge in [0.1, 0.15) is 35.6 Å². The first-order valence-corrected chi connectivity index (χ1v) is 9.84. The number of ketones is 1. The maximum Gasteiger partial charge on any atom is 0.247 e. The molecule has 9 nitrogen and oxygen atoms in total. The van der Waals surface area contributed by atoms with E-state index in [1.807, 2.05) is 0 Å². The Morgan fingerprint density at radius 1 is 1.09 bits per heavy atom. The molecule has 0 aliphatic heterocycles. The number of oxazole rings is 1. The van der Waals surface area contributed by atoms with Crippen LogP contribution in [0.3, 0.4) is 0 Å². The second-order valence-electron chi connectivity index (χ2n) is 7.13. The molecule has 0 atom stereocenters. The van der Waals surface area contributed by atoms with E-state index in [-0.39, 0.29) is 41.5 Å². The Morgan fingerprint density at radius 2 is 1.91 bits per heavy atom. The van der Waals surface area contributed by atoms with Crippen molar-refractivity contribution in [2.24, 2.45) is 0 Å². The van der Waals surface area contributed by atoms with Gasteiger partial charge in [0.2, 0.25) is 5.89 Å². The minimum absolute atomic E-state index is 0.110. The van der Waals surface area contributed by atoms with Gasteiger partial charge < -0.3 is 10.2 Å². The Labute approximate surface area is 185 Å². The molecule has 5 aromatic rings. The molecular formula is C22H15F2N7O2. The lowest BCUT2D eigenvalue weighted by Gasteiger charge is -2.11. The lowest BCUT2D eigenvalue weighted by molar-refractivity contribution is 0.0978. The molecule has 4 heterocycles. The normalized spacial score (nSPS) is 11.2. The van der Waals surface area contributed by atoms with E-state index in [1.54, 1.807) is 22.7 Å². The third-order valence-corrected chi connectivity index (χ3v) is 5.05. The Balaban J connectivity index is 1.55. The molecule has 0 radical (unpaired) electrons. The Kier molecular flexibility index (Phi) is 5.05. The number of hydrogen-bond donors (Lipinski definition) is 1. The second kappa shape index (κ2) is 8.19. The molecule has 0 saturated heterocycles. The lowest BCUT2D eigenvalue weighted by Crippen LogP contribution is -2.12. The van der Waals surface area contributed by atoms with Gasteiger partial charge in [-0.15, -0.1) is 10.2 Å². The average molecular weight is 447 g/mol. The van der Waals surface area contributed by atoms with Crippen molar-refractivity contribution in [1.82, 2.24) is 29.5 Å². The largest absolute Gasteiger partial charge is 0.443 e. The molecule has 0 fully saturated rings. The molecular weight excluding hydrogens is 432 g/mol. The molecule has 0 bridgehead atoms. The standard InChI is InChI=1S/C22H15F2N7O2/c23-14-2-1-3-15(24)13(14)5-6-16(32)19-21(25)29-20(22-26-8-9-33-22)18(28-19)12-4-7-17-30-27-11-31(17)10-12/h1-4,7-11H,5-6H2,(H2,25,29). The monoisotopic (exact) mass is 447 g/mol. The van der Waals surface area contributed by atoms with Crippen molar-refractivity contribution in [1.29, 1.82) is 0 Å². The predicted octanol–water partition coefficient (Wildman–Crippen LogP) is 3.52. The molecule has 0 unspecified atom stereocenters. The van der Waals surface area contributed by atoms with Crippen LogP contribution in [0.2, 0.25) is 0 Å². The highest BCUT2D eigenvalue weighted by Crippen LogP contribution is 2.30. The third-order valence-electron chi connectivity index (χ3n) is 5.05. The maximum absolute atomic E-state index is 13.9. The van der Waals surface area contributed by atoms with Gasteiger partial charge in [-0.2, -0.15) is 0 Å². The SMILES string of the molecule is Nc1nc(-c2ncco2)c(-c2ccc3nncn3c2)nc1C(=O)CCc1c(F)cccc1F. The van der Waals surface area contributed by atoms with Crippen molar-refractivity contribution in [3.05, 3.63) is 78.2 Å². The van der Waals surface area contributed by atoms with Gasteiger partial charge in [-0.25, -0.2) is 23.7 Å². The molecule has 0 amide bonds. The second-order valence-corrected chi connectivity index (χ2v) is 7.13. The summed E-state index contributed by atoms with van der Waals surface area (Å²) in [5, 5.41) is 7.81. The molecule has 164 valence electrons. The fourth-order valence-corrected chi connectivity index (χ4v) is 3.44. The number of anilines is 1. The number of nitrogens with zero attached hydrogens (tertiary/aromatic N) is 6. The summed E-state index contributed by atoms with van der Waals surface area (Å²) in [6.07, 6.45) is 5.69. The number of Topliss-reactive ketones (excluding diaryl/α,β-unsaturated/α-hetero) is 1. The van der Waals surface area contributed by atoms with Crippen molar-refractivity contribution in [3.63, 3.8) is 0 Å². The summed E-state index contributed by atoms with van der Waals surface area (Å²) in [7, 11) is 0. The summed E-state index contributed by atoms with van der Waals surface area (Å²) in [4.78, 5) is 25.8. The van der Waals surface area contributed by atoms with E-state index in [1.165, 1.54) is 24.9 Å². The summed E-state index contributed by atoms with van der Waals surface area (Å²) in [6, 6.07) is 7.00. The van der Waals surface area contributed by atoms with E-state index in [0.29, 0.717) is 16.9 Å². The molecule has 5 rings (SSSR count). The van der Waals surface area contributed by atoms with E-state index >= 15 is 0 Å². The smallest absolute Gasteiger partial charge is 0.247 e. The summed E-state index contributed by atoms with van der Waals surface area (Å²) >= 11 is 0. The number of nitrogen functional groups attached to an aromatic ring is 1. The van der Waals surface area contributed by atoms with Crippen LogP contribution in [0.1, 0.15) is 22.5 Å². The molecule has 0 spiro atoms. The number of halogens is 2. The number of nitrogens with two attached hydrogens (primary N) is 1. The van der Waals surface area contributed by atoms with Gasteiger partial charge in [-0.3, -0.25) is 9.20 Å². The first-order valence-electron chi connectivity index (χ1n) is 9.84. The van der Waals surface area contributed by atoms with Crippen LogP contribution in [0.5, 0.6) is 0 Å². The van der Waals surface area contributed by atoms with Gasteiger partial charge in [0, 0.05) is 23.7 Å². The zero-order valence-corrected chi connectivity index (χ0v) is 16.9. The number of rotatable bonds is 6. The van der Waals surface area contributed by atoms with E-state index in [2.05, 4.69) is 25.1 Å². The van der Waals surface area contributed by atoms with Gasteiger partial charge in [0.15, 0.2) is 22.9 Å². The zero-order chi connectivity index (χ0) is 22.9. The highest BCUT2D eigenvalue weighted by atomic mass is 19.1. The topological polar surface area (TPSA) is 125 Å². The Bertz CT molecular complexity index is 1460. The van der Waals surface area contributed by atoms with Crippen molar-refractivity contribution in [3.8, 4) is 22.8 Å². The minimum atomic E-state index is -0.718.